The molecular formula is C16H10BrF2NO. The number of nitrogens with one attached hydrogen (secondary N) is 1. The van der Waals surface area contributed by atoms with Crippen molar-refractivity contribution in [3.05, 3.63) is 69.3 Å². The van der Waals surface area contributed by atoms with E-state index in [0.717, 1.165) is 16.1 Å². The van der Waals surface area contributed by atoms with E-state index in [-0.39, 0.29) is 11.1 Å². The summed E-state index contributed by atoms with van der Waals surface area (Å²) in [6, 6.07) is 7.44. The van der Waals surface area contributed by atoms with Crippen molar-refractivity contribution in [1.29, 1.82) is 0 Å². The first kappa shape index (κ1) is 13.9. The number of aryl methyl sites for hydroxylation is 1. The number of hydrogen-bond donors (Lipinski definition) is 1. The second kappa shape index (κ2) is 5.07. The van der Waals surface area contributed by atoms with Crippen molar-refractivity contribution in [2.24, 2.45) is 0 Å². The summed E-state index contributed by atoms with van der Waals surface area (Å²) in [5.41, 5.74) is 1.22. The van der Waals surface area contributed by atoms with Gasteiger partial charge in [0.1, 0.15) is 11.6 Å². The number of hydrogen-bond acceptors (Lipinski definition) is 1. The standard InChI is InChI=1S/C16H10BrF2NO/c1-8-5-9(13(19)6-12(8)18)16(21)10-7-20-14-4-2-3-11(17)15(10)14/h2-7,20H,1H3. The minimum absolute atomic E-state index is 0.134. The molecule has 0 aliphatic heterocycles. The molecule has 3 rings (SSSR count). The van der Waals surface area contributed by atoms with Gasteiger partial charge >= 0.3 is 0 Å². The lowest BCUT2D eigenvalue weighted by Gasteiger charge is -2.05. The first-order valence-corrected chi connectivity index (χ1v) is 7.04. The van der Waals surface area contributed by atoms with Gasteiger partial charge in [-0.1, -0.05) is 22.0 Å². The molecule has 0 saturated carbocycles. The van der Waals surface area contributed by atoms with Crippen molar-refractivity contribution in [1.82, 2.24) is 4.98 Å². The molecule has 0 unspecified atom stereocenters. The van der Waals surface area contributed by atoms with Crippen molar-refractivity contribution < 1.29 is 13.6 Å². The molecular weight excluding hydrogens is 340 g/mol. The first-order chi connectivity index (χ1) is 9.99. The molecule has 1 heterocycles. The molecule has 1 aromatic heterocycles. The van der Waals surface area contributed by atoms with E-state index in [9.17, 15) is 13.6 Å². The van der Waals surface area contributed by atoms with Gasteiger partial charge in [-0.25, -0.2) is 8.78 Å². The van der Waals surface area contributed by atoms with Crippen LogP contribution in [0.25, 0.3) is 10.9 Å². The van der Waals surface area contributed by atoms with Crippen LogP contribution in [0.15, 0.2) is 41.0 Å². The molecule has 0 bridgehead atoms. The minimum Gasteiger partial charge on any atom is -0.360 e. The quantitative estimate of drug-likeness (QED) is 0.665. The lowest BCUT2D eigenvalue weighted by atomic mass is 10.0. The van der Waals surface area contributed by atoms with E-state index in [1.165, 1.54) is 19.2 Å². The molecule has 0 atom stereocenters. The van der Waals surface area contributed by atoms with Gasteiger partial charge in [0.25, 0.3) is 0 Å². The SMILES string of the molecule is Cc1cc(C(=O)c2c[nH]c3cccc(Br)c23)c(F)cc1F. The molecule has 5 heteroatoms. The Kier molecular flexibility index (Phi) is 3.37. The largest absolute Gasteiger partial charge is 0.360 e. The fraction of sp³-hybridized carbons (Fsp3) is 0.0625. The van der Waals surface area contributed by atoms with Gasteiger partial charge in [-0.15, -0.1) is 0 Å². The molecule has 0 saturated heterocycles. The van der Waals surface area contributed by atoms with Crippen molar-refractivity contribution in [2.45, 2.75) is 6.92 Å². The molecule has 0 fully saturated rings. The molecule has 0 aliphatic carbocycles. The number of halogens is 3. The summed E-state index contributed by atoms with van der Waals surface area (Å²) in [6.45, 7) is 1.50. The predicted octanol–water partition coefficient (Wildman–Crippen LogP) is 4.75. The molecule has 0 amide bonds. The number of aromatic nitrogens is 1. The number of fused-ring (bicyclic) bond motifs is 1. The fourth-order valence-corrected chi connectivity index (χ4v) is 2.88. The van der Waals surface area contributed by atoms with Crippen LogP contribution < -0.4 is 0 Å². The number of aromatic amines is 1. The normalized spacial score (nSPS) is 11.0. The molecule has 0 radical (unpaired) electrons. The zero-order valence-electron chi connectivity index (χ0n) is 11.0. The van der Waals surface area contributed by atoms with E-state index >= 15 is 0 Å². The molecule has 2 nitrogen and oxygen atoms in total. The number of carbonyl (C=O) groups is 1. The number of ketones is 1. The third-order valence-electron chi connectivity index (χ3n) is 3.39. The molecule has 0 spiro atoms. The topological polar surface area (TPSA) is 32.9 Å². The van der Waals surface area contributed by atoms with Crippen molar-refractivity contribution in [2.75, 3.05) is 0 Å². The van der Waals surface area contributed by atoms with E-state index in [1.807, 2.05) is 12.1 Å². The lowest BCUT2D eigenvalue weighted by molar-refractivity contribution is 0.103. The van der Waals surface area contributed by atoms with Gasteiger partial charge in [0.2, 0.25) is 0 Å². The summed E-state index contributed by atoms with van der Waals surface area (Å²) in [7, 11) is 0. The van der Waals surface area contributed by atoms with Gasteiger partial charge in [-0.3, -0.25) is 4.79 Å². The summed E-state index contributed by atoms with van der Waals surface area (Å²) in [5, 5.41) is 0.684. The number of carbonyl (C=O) groups excluding carboxylic acids is 1. The van der Waals surface area contributed by atoms with Crippen LogP contribution in [0.4, 0.5) is 8.78 Å². The summed E-state index contributed by atoms with van der Waals surface area (Å²) in [6.07, 6.45) is 1.54. The van der Waals surface area contributed by atoms with Crippen molar-refractivity contribution >= 4 is 32.6 Å². The third-order valence-corrected chi connectivity index (χ3v) is 4.05. The van der Waals surface area contributed by atoms with Gasteiger partial charge in [-0.05, 0) is 30.7 Å². The van der Waals surface area contributed by atoms with E-state index < -0.39 is 17.4 Å². The third kappa shape index (κ3) is 2.27. The summed E-state index contributed by atoms with van der Waals surface area (Å²) < 4.78 is 27.9. The van der Waals surface area contributed by atoms with Crippen LogP contribution in [0.5, 0.6) is 0 Å². The Balaban J connectivity index is 2.20. The molecule has 2 aromatic carbocycles. The summed E-state index contributed by atoms with van der Waals surface area (Å²) in [4.78, 5) is 15.5. The highest BCUT2D eigenvalue weighted by atomic mass is 79.9. The first-order valence-electron chi connectivity index (χ1n) is 6.25. The second-order valence-corrected chi connectivity index (χ2v) is 5.63. The zero-order valence-corrected chi connectivity index (χ0v) is 12.6. The van der Waals surface area contributed by atoms with Crippen LogP contribution in [0.1, 0.15) is 21.5 Å². The summed E-state index contributed by atoms with van der Waals surface area (Å²) >= 11 is 3.39. The summed E-state index contributed by atoms with van der Waals surface area (Å²) in [5.74, 6) is -2.00. The Hall–Kier alpha value is -2.01. The minimum atomic E-state index is -0.857. The van der Waals surface area contributed by atoms with Crippen LogP contribution in [-0.4, -0.2) is 10.8 Å². The Morgan fingerprint density at radius 1 is 1.14 bits per heavy atom. The number of rotatable bonds is 2. The second-order valence-electron chi connectivity index (χ2n) is 4.78. The van der Waals surface area contributed by atoms with E-state index in [2.05, 4.69) is 20.9 Å². The highest BCUT2D eigenvalue weighted by Crippen LogP contribution is 2.29. The van der Waals surface area contributed by atoms with Crippen molar-refractivity contribution in [3.63, 3.8) is 0 Å². The molecule has 3 aromatic rings. The molecule has 1 N–H and O–H groups in total. The van der Waals surface area contributed by atoms with Gasteiger partial charge in [0, 0.05) is 33.2 Å². The van der Waals surface area contributed by atoms with Gasteiger partial charge in [0.05, 0.1) is 5.56 Å². The average Bonchev–Trinajstić information content (AvgIpc) is 2.87. The van der Waals surface area contributed by atoms with Crippen LogP contribution in [0.2, 0.25) is 0 Å². The number of benzene rings is 2. The maximum atomic E-state index is 13.9. The smallest absolute Gasteiger partial charge is 0.198 e. The van der Waals surface area contributed by atoms with E-state index in [0.29, 0.717) is 10.9 Å². The molecule has 21 heavy (non-hydrogen) atoms. The Morgan fingerprint density at radius 2 is 1.90 bits per heavy atom. The maximum Gasteiger partial charge on any atom is 0.198 e. The van der Waals surface area contributed by atoms with E-state index in [4.69, 9.17) is 0 Å². The zero-order chi connectivity index (χ0) is 15.1. The van der Waals surface area contributed by atoms with Crippen LogP contribution in [-0.2, 0) is 0 Å². The maximum absolute atomic E-state index is 13.9. The Bertz CT molecular complexity index is 870. The average molecular weight is 350 g/mol. The Morgan fingerprint density at radius 3 is 2.67 bits per heavy atom. The van der Waals surface area contributed by atoms with Crippen LogP contribution in [0, 0.1) is 18.6 Å². The van der Waals surface area contributed by atoms with Gasteiger partial charge in [0.15, 0.2) is 5.78 Å². The predicted molar refractivity (Wildman–Crippen MR) is 80.5 cm³/mol. The van der Waals surface area contributed by atoms with Crippen LogP contribution in [0.3, 0.4) is 0 Å². The fourth-order valence-electron chi connectivity index (χ4n) is 2.30. The molecule has 106 valence electrons. The van der Waals surface area contributed by atoms with Crippen molar-refractivity contribution in [3.8, 4) is 0 Å². The van der Waals surface area contributed by atoms with E-state index in [1.54, 1.807) is 6.07 Å². The monoisotopic (exact) mass is 349 g/mol. The molecule has 0 aliphatic rings. The number of H-pyrrole nitrogens is 1. The lowest BCUT2D eigenvalue weighted by Crippen LogP contribution is -2.05. The van der Waals surface area contributed by atoms with Gasteiger partial charge in [-0.2, -0.15) is 0 Å². The van der Waals surface area contributed by atoms with Gasteiger partial charge < -0.3 is 4.98 Å². The Labute approximate surface area is 127 Å². The van der Waals surface area contributed by atoms with Crippen LogP contribution >= 0.6 is 15.9 Å². The highest BCUT2D eigenvalue weighted by molar-refractivity contribution is 9.10. The highest BCUT2D eigenvalue weighted by Gasteiger charge is 2.20.